The Morgan fingerprint density at radius 3 is 2.52 bits per heavy atom. The Morgan fingerprint density at radius 2 is 2.05 bits per heavy atom. The summed E-state index contributed by atoms with van der Waals surface area (Å²) in [6.07, 6.45) is -2.34. The van der Waals surface area contributed by atoms with Gasteiger partial charge in [0, 0.05) is 26.7 Å². The molecule has 0 bridgehead atoms. The number of nitrogens with zero attached hydrogens (tertiary/aromatic N) is 3. The molecule has 1 fully saturated rings. The molecule has 21 heavy (non-hydrogen) atoms. The van der Waals surface area contributed by atoms with E-state index >= 15 is 0 Å². The zero-order chi connectivity index (χ0) is 16.1. The number of likely N-dealkylation sites (tertiary alicyclic amines) is 1. The average molecular weight is 308 g/mol. The zero-order valence-electron chi connectivity index (χ0n) is 13.4. The molecule has 0 unspecified atom stereocenters. The molecule has 0 aromatic carbocycles. The third-order valence-electron chi connectivity index (χ3n) is 3.64. The van der Waals surface area contributed by atoms with Gasteiger partial charge in [-0.05, 0) is 31.8 Å². The highest BCUT2D eigenvalue weighted by Gasteiger charge is 2.31. The van der Waals surface area contributed by atoms with E-state index in [1.54, 1.807) is 7.05 Å². The average Bonchev–Trinajstić information content (AvgIpc) is 2.67. The van der Waals surface area contributed by atoms with Crippen LogP contribution in [0.2, 0.25) is 0 Å². The van der Waals surface area contributed by atoms with Gasteiger partial charge in [0.15, 0.2) is 5.96 Å². The first-order valence-electron chi connectivity index (χ1n) is 7.34. The summed E-state index contributed by atoms with van der Waals surface area (Å²) in [4.78, 5) is 7.75. The number of guanidine groups is 1. The van der Waals surface area contributed by atoms with Crippen LogP contribution < -0.4 is 5.32 Å². The van der Waals surface area contributed by atoms with Gasteiger partial charge in [0.2, 0.25) is 0 Å². The molecule has 1 N–H and O–H groups in total. The van der Waals surface area contributed by atoms with Crippen LogP contribution in [-0.4, -0.2) is 68.8 Å². The number of hydrogen-bond donors (Lipinski definition) is 1. The Labute approximate surface area is 125 Å². The summed E-state index contributed by atoms with van der Waals surface area (Å²) in [5.41, 5.74) is 0.296. The first-order valence-corrected chi connectivity index (χ1v) is 7.34. The van der Waals surface area contributed by atoms with E-state index in [9.17, 15) is 13.2 Å². The minimum atomic E-state index is -4.13. The van der Waals surface area contributed by atoms with Crippen molar-refractivity contribution in [2.24, 2.45) is 10.4 Å². The summed E-state index contributed by atoms with van der Waals surface area (Å²) in [6, 6.07) is 0. The molecule has 1 saturated heterocycles. The van der Waals surface area contributed by atoms with Gasteiger partial charge in [0.25, 0.3) is 0 Å². The summed E-state index contributed by atoms with van der Waals surface area (Å²) in [6.45, 7) is 6.57. The Morgan fingerprint density at radius 1 is 1.38 bits per heavy atom. The van der Waals surface area contributed by atoms with Crippen LogP contribution in [0.15, 0.2) is 4.99 Å². The van der Waals surface area contributed by atoms with Gasteiger partial charge in [-0.25, -0.2) is 0 Å². The maximum atomic E-state index is 12.2. The fourth-order valence-corrected chi connectivity index (χ4v) is 2.56. The van der Waals surface area contributed by atoms with Gasteiger partial charge in [-0.1, -0.05) is 13.8 Å². The Balaban J connectivity index is 2.25. The van der Waals surface area contributed by atoms with E-state index in [2.05, 4.69) is 29.1 Å². The van der Waals surface area contributed by atoms with E-state index in [1.165, 1.54) is 11.9 Å². The van der Waals surface area contributed by atoms with Crippen LogP contribution in [0.1, 0.15) is 26.7 Å². The molecule has 0 radical (unpaired) electrons. The largest absolute Gasteiger partial charge is 0.401 e. The van der Waals surface area contributed by atoms with E-state index in [-0.39, 0.29) is 0 Å². The highest BCUT2D eigenvalue weighted by Crippen LogP contribution is 2.28. The van der Waals surface area contributed by atoms with Gasteiger partial charge in [-0.2, -0.15) is 13.2 Å². The standard InChI is InChI=1S/C14H27F3N4/c1-13(2)6-9-21(10-13)12(18-3)19-7-5-8-20(4)11-14(15,16)17/h5-11H2,1-4H3,(H,18,19). The quantitative estimate of drug-likeness (QED) is 0.480. The summed E-state index contributed by atoms with van der Waals surface area (Å²) in [5.74, 6) is 0.846. The molecule has 7 heteroatoms. The number of alkyl halides is 3. The minimum Gasteiger partial charge on any atom is -0.356 e. The van der Waals surface area contributed by atoms with Crippen LogP contribution in [0.5, 0.6) is 0 Å². The maximum absolute atomic E-state index is 12.2. The van der Waals surface area contributed by atoms with Crippen LogP contribution in [0.25, 0.3) is 0 Å². The zero-order valence-corrected chi connectivity index (χ0v) is 13.4. The third kappa shape index (κ3) is 7.02. The van der Waals surface area contributed by atoms with E-state index in [0.29, 0.717) is 24.9 Å². The summed E-state index contributed by atoms with van der Waals surface area (Å²) in [5, 5.41) is 3.24. The fraction of sp³-hybridized carbons (Fsp3) is 0.929. The molecule has 1 rings (SSSR count). The summed E-state index contributed by atoms with van der Waals surface area (Å²) in [7, 11) is 3.23. The van der Waals surface area contributed by atoms with Crippen molar-refractivity contribution in [2.45, 2.75) is 32.9 Å². The Bertz CT molecular complexity index is 353. The predicted octanol–water partition coefficient (Wildman–Crippen LogP) is 2.18. The smallest absolute Gasteiger partial charge is 0.356 e. The van der Waals surface area contributed by atoms with Crippen LogP contribution in [0.4, 0.5) is 13.2 Å². The number of hydrogen-bond acceptors (Lipinski definition) is 2. The lowest BCUT2D eigenvalue weighted by Crippen LogP contribution is -2.41. The Hall–Kier alpha value is -0.980. The predicted molar refractivity (Wildman–Crippen MR) is 79.5 cm³/mol. The molecule has 0 aromatic heterocycles. The van der Waals surface area contributed by atoms with Crippen molar-refractivity contribution in [1.82, 2.24) is 15.1 Å². The second-order valence-corrected chi connectivity index (χ2v) is 6.52. The van der Waals surface area contributed by atoms with Gasteiger partial charge in [-0.15, -0.1) is 0 Å². The normalized spacial score (nSPS) is 19.4. The molecule has 1 heterocycles. The highest BCUT2D eigenvalue weighted by atomic mass is 19.4. The number of halogens is 3. The summed E-state index contributed by atoms with van der Waals surface area (Å²) >= 11 is 0. The molecule has 0 spiro atoms. The van der Waals surface area contributed by atoms with Gasteiger partial charge < -0.3 is 10.2 Å². The molecule has 1 aliphatic rings. The van der Waals surface area contributed by atoms with E-state index in [1.807, 2.05) is 0 Å². The lowest BCUT2D eigenvalue weighted by molar-refractivity contribution is -0.143. The first-order chi connectivity index (χ1) is 9.63. The van der Waals surface area contributed by atoms with Crippen molar-refractivity contribution in [3.8, 4) is 0 Å². The number of aliphatic imine (C=N–C) groups is 1. The van der Waals surface area contributed by atoms with Crippen LogP contribution in [0.3, 0.4) is 0 Å². The van der Waals surface area contributed by atoms with E-state index in [4.69, 9.17) is 0 Å². The van der Waals surface area contributed by atoms with Crippen molar-refractivity contribution in [3.05, 3.63) is 0 Å². The van der Waals surface area contributed by atoms with Crippen LogP contribution in [0, 0.1) is 5.41 Å². The Kier molecular flexibility index (Phi) is 6.31. The third-order valence-corrected chi connectivity index (χ3v) is 3.64. The second kappa shape index (κ2) is 7.33. The van der Waals surface area contributed by atoms with Gasteiger partial charge >= 0.3 is 6.18 Å². The molecule has 0 aliphatic carbocycles. The number of rotatable bonds is 5. The van der Waals surface area contributed by atoms with Gasteiger partial charge in [0.1, 0.15) is 0 Å². The molecular formula is C14H27F3N4. The van der Waals surface area contributed by atoms with Crippen LogP contribution >= 0.6 is 0 Å². The van der Waals surface area contributed by atoms with Gasteiger partial charge in [0.05, 0.1) is 6.54 Å². The SMILES string of the molecule is CN=C(NCCCN(C)CC(F)(F)F)N1CCC(C)(C)C1. The fourth-order valence-electron chi connectivity index (χ4n) is 2.56. The topological polar surface area (TPSA) is 30.9 Å². The van der Waals surface area contributed by atoms with Crippen molar-refractivity contribution >= 4 is 5.96 Å². The molecule has 0 aromatic rings. The highest BCUT2D eigenvalue weighted by molar-refractivity contribution is 5.80. The molecular weight excluding hydrogens is 281 g/mol. The molecule has 124 valence electrons. The van der Waals surface area contributed by atoms with Crippen molar-refractivity contribution < 1.29 is 13.2 Å². The van der Waals surface area contributed by atoms with Crippen molar-refractivity contribution in [1.29, 1.82) is 0 Å². The first kappa shape index (κ1) is 18.1. The van der Waals surface area contributed by atoms with Crippen molar-refractivity contribution in [3.63, 3.8) is 0 Å². The molecule has 1 aliphatic heterocycles. The monoisotopic (exact) mass is 308 g/mol. The maximum Gasteiger partial charge on any atom is 0.401 e. The van der Waals surface area contributed by atoms with Crippen LogP contribution in [-0.2, 0) is 0 Å². The molecule has 4 nitrogen and oxygen atoms in total. The number of nitrogens with one attached hydrogen (secondary N) is 1. The lowest BCUT2D eigenvalue weighted by Gasteiger charge is -2.24. The summed E-state index contributed by atoms with van der Waals surface area (Å²) < 4.78 is 36.6. The molecule has 0 saturated carbocycles. The minimum absolute atomic E-state index is 0.296. The van der Waals surface area contributed by atoms with Gasteiger partial charge in [-0.3, -0.25) is 9.89 Å². The molecule has 0 amide bonds. The van der Waals surface area contributed by atoms with E-state index in [0.717, 1.165) is 25.5 Å². The lowest BCUT2D eigenvalue weighted by atomic mass is 9.93. The second-order valence-electron chi connectivity index (χ2n) is 6.52. The van der Waals surface area contributed by atoms with Crippen molar-refractivity contribution in [2.75, 3.05) is 46.8 Å². The molecule has 0 atom stereocenters. The van der Waals surface area contributed by atoms with E-state index < -0.39 is 12.7 Å².